The number of nitrogens with zero attached hydrogens (tertiary/aromatic N) is 1. The average molecular weight is 319 g/mol. The molecule has 1 aliphatic rings. The van der Waals surface area contributed by atoms with Gasteiger partial charge in [0.25, 0.3) is 10.0 Å². The molecule has 0 aromatic carbocycles. The van der Waals surface area contributed by atoms with Crippen LogP contribution >= 0.6 is 15.9 Å². The van der Waals surface area contributed by atoms with Crippen LogP contribution in [-0.2, 0) is 14.8 Å². The maximum absolute atomic E-state index is 11.8. The van der Waals surface area contributed by atoms with E-state index in [0.717, 1.165) is 6.42 Å². The van der Waals surface area contributed by atoms with Gasteiger partial charge in [0.2, 0.25) is 5.91 Å². The fourth-order valence-electron chi connectivity index (χ4n) is 1.49. The van der Waals surface area contributed by atoms with Crippen LogP contribution in [0.15, 0.2) is 27.8 Å². The second-order valence-electron chi connectivity index (χ2n) is 4.13. The number of sulfonamides is 1. The topological polar surface area (TPSA) is 76.1 Å². The van der Waals surface area contributed by atoms with Gasteiger partial charge in [-0.2, -0.15) is 0 Å². The highest BCUT2D eigenvalue weighted by Crippen LogP contribution is 2.37. The van der Waals surface area contributed by atoms with Crippen molar-refractivity contribution in [2.24, 2.45) is 11.8 Å². The minimum atomic E-state index is -3.80. The first kappa shape index (κ1) is 12.5. The lowest BCUT2D eigenvalue weighted by atomic mass is 10.3. The van der Waals surface area contributed by atoms with E-state index in [1.165, 1.54) is 18.5 Å². The molecule has 5 nitrogen and oxygen atoms in total. The Labute approximate surface area is 108 Å². The van der Waals surface area contributed by atoms with Gasteiger partial charge in [-0.25, -0.2) is 13.1 Å². The van der Waals surface area contributed by atoms with Crippen LogP contribution in [0.4, 0.5) is 0 Å². The summed E-state index contributed by atoms with van der Waals surface area (Å²) in [5.41, 5.74) is 0. The standard InChI is InChI=1S/C10H11BrN2O3S/c1-6-2-9(6)10(14)13-17(15,16)8-3-7(11)4-12-5-8/h3-6,9H,2H2,1H3,(H,13,14)/t6-,9+/m1/s1. The number of halogens is 1. The lowest BCUT2D eigenvalue weighted by Gasteiger charge is -2.06. The van der Waals surface area contributed by atoms with Crippen molar-refractivity contribution in [2.45, 2.75) is 18.2 Å². The number of amides is 1. The minimum absolute atomic E-state index is 0.0199. The third kappa shape index (κ3) is 2.84. The predicted octanol–water partition coefficient (Wildman–Crippen LogP) is 1.30. The Bertz CT molecular complexity index is 558. The fraction of sp³-hybridized carbons (Fsp3) is 0.400. The summed E-state index contributed by atoms with van der Waals surface area (Å²) in [5.74, 6) is -0.340. The lowest BCUT2D eigenvalue weighted by molar-refractivity contribution is -0.120. The van der Waals surface area contributed by atoms with Crippen LogP contribution in [-0.4, -0.2) is 19.3 Å². The minimum Gasteiger partial charge on any atom is -0.274 e. The third-order valence-corrected chi connectivity index (χ3v) is 4.42. The smallest absolute Gasteiger partial charge is 0.265 e. The number of carbonyl (C=O) groups is 1. The summed E-state index contributed by atoms with van der Waals surface area (Å²) in [4.78, 5) is 15.3. The van der Waals surface area contributed by atoms with Crippen LogP contribution in [0.5, 0.6) is 0 Å². The van der Waals surface area contributed by atoms with E-state index < -0.39 is 15.9 Å². The van der Waals surface area contributed by atoms with E-state index >= 15 is 0 Å². The summed E-state index contributed by atoms with van der Waals surface area (Å²) in [6.45, 7) is 1.91. The van der Waals surface area contributed by atoms with Crippen molar-refractivity contribution < 1.29 is 13.2 Å². The molecule has 0 unspecified atom stereocenters. The number of rotatable bonds is 3. The van der Waals surface area contributed by atoms with Crippen molar-refractivity contribution >= 4 is 31.9 Å². The van der Waals surface area contributed by atoms with Crippen LogP contribution in [0, 0.1) is 11.8 Å². The summed E-state index contributed by atoms with van der Waals surface area (Å²) < 4.78 is 26.3. The number of carbonyl (C=O) groups excluding carboxylic acids is 1. The molecule has 1 aromatic rings. The van der Waals surface area contributed by atoms with E-state index in [2.05, 4.69) is 25.6 Å². The van der Waals surface area contributed by atoms with Crippen molar-refractivity contribution in [1.29, 1.82) is 0 Å². The van der Waals surface area contributed by atoms with Gasteiger partial charge in [0.15, 0.2) is 0 Å². The van der Waals surface area contributed by atoms with E-state index in [4.69, 9.17) is 0 Å². The molecule has 1 fully saturated rings. The summed E-state index contributed by atoms with van der Waals surface area (Å²) in [6.07, 6.45) is 3.43. The molecule has 0 bridgehead atoms. The van der Waals surface area contributed by atoms with Gasteiger partial charge >= 0.3 is 0 Å². The Hall–Kier alpha value is -0.950. The molecule has 1 heterocycles. The highest BCUT2D eigenvalue weighted by molar-refractivity contribution is 9.10. The molecule has 1 saturated carbocycles. The molecule has 1 aromatic heterocycles. The van der Waals surface area contributed by atoms with Crippen molar-refractivity contribution in [3.8, 4) is 0 Å². The Morgan fingerprint density at radius 1 is 1.53 bits per heavy atom. The maximum Gasteiger partial charge on any atom is 0.265 e. The molecule has 17 heavy (non-hydrogen) atoms. The molecular formula is C10H11BrN2O3S. The van der Waals surface area contributed by atoms with Crippen LogP contribution in [0.1, 0.15) is 13.3 Å². The molecule has 2 rings (SSSR count). The molecule has 1 aliphatic carbocycles. The van der Waals surface area contributed by atoms with Gasteiger partial charge in [0.1, 0.15) is 4.90 Å². The molecule has 0 spiro atoms. The quantitative estimate of drug-likeness (QED) is 0.911. The van der Waals surface area contributed by atoms with Crippen molar-refractivity contribution in [3.63, 3.8) is 0 Å². The second kappa shape index (κ2) is 4.38. The van der Waals surface area contributed by atoms with E-state index in [1.807, 2.05) is 6.92 Å². The van der Waals surface area contributed by atoms with Crippen LogP contribution < -0.4 is 4.72 Å². The zero-order chi connectivity index (χ0) is 12.6. The molecule has 0 saturated heterocycles. The molecule has 1 N–H and O–H groups in total. The maximum atomic E-state index is 11.8. The molecule has 0 aliphatic heterocycles. The molecule has 7 heteroatoms. The fourth-order valence-corrected chi connectivity index (χ4v) is 3.03. The molecule has 0 radical (unpaired) electrons. The predicted molar refractivity (Wildman–Crippen MR) is 64.5 cm³/mol. The molecular weight excluding hydrogens is 308 g/mol. The van der Waals surface area contributed by atoms with Crippen LogP contribution in [0.3, 0.4) is 0 Å². The number of hydrogen-bond donors (Lipinski definition) is 1. The summed E-state index contributed by atoms with van der Waals surface area (Å²) >= 11 is 3.13. The summed E-state index contributed by atoms with van der Waals surface area (Å²) in [6, 6.07) is 1.40. The second-order valence-corrected chi connectivity index (χ2v) is 6.73. The van der Waals surface area contributed by atoms with Crippen LogP contribution in [0.2, 0.25) is 0 Å². The SMILES string of the molecule is C[C@@H]1C[C@@H]1C(=O)NS(=O)(=O)c1cncc(Br)c1. The largest absolute Gasteiger partial charge is 0.274 e. The third-order valence-electron chi connectivity index (χ3n) is 2.67. The monoisotopic (exact) mass is 318 g/mol. The van der Waals surface area contributed by atoms with Gasteiger partial charge in [0, 0.05) is 22.8 Å². The van der Waals surface area contributed by atoms with Gasteiger partial charge in [-0.1, -0.05) is 6.92 Å². The molecule has 92 valence electrons. The first-order valence-electron chi connectivity index (χ1n) is 5.07. The van der Waals surface area contributed by atoms with E-state index in [0.29, 0.717) is 4.47 Å². The summed E-state index contributed by atoms with van der Waals surface area (Å²) in [7, 11) is -3.80. The van der Waals surface area contributed by atoms with Gasteiger partial charge in [-0.3, -0.25) is 9.78 Å². The van der Waals surface area contributed by atoms with Crippen molar-refractivity contribution in [3.05, 3.63) is 22.9 Å². The van der Waals surface area contributed by atoms with E-state index in [9.17, 15) is 13.2 Å². The first-order valence-corrected chi connectivity index (χ1v) is 7.35. The van der Waals surface area contributed by atoms with Gasteiger partial charge in [-0.15, -0.1) is 0 Å². The molecule has 1 amide bonds. The van der Waals surface area contributed by atoms with Crippen molar-refractivity contribution in [2.75, 3.05) is 0 Å². The Kier molecular flexibility index (Phi) is 3.22. The van der Waals surface area contributed by atoms with Gasteiger partial charge in [0.05, 0.1) is 0 Å². The zero-order valence-corrected chi connectivity index (χ0v) is 11.5. The normalized spacial score (nSPS) is 23.2. The van der Waals surface area contributed by atoms with Gasteiger partial charge in [-0.05, 0) is 34.3 Å². The highest BCUT2D eigenvalue weighted by Gasteiger charge is 2.40. The van der Waals surface area contributed by atoms with Gasteiger partial charge < -0.3 is 0 Å². The van der Waals surface area contributed by atoms with E-state index in [1.54, 1.807) is 0 Å². The Balaban J connectivity index is 2.16. The Morgan fingerprint density at radius 2 is 2.18 bits per heavy atom. The number of nitrogens with one attached hydrogen (secondary N) is 1. The average Bonchev–Trinajstić information content (AvgIpc) is 2.95. The van der Waals surface area contributed by atoms with E-state index in [-0.39, 0.29) is 16.7 Å². The lowest BCUT2D eigenvalue weighted by Crippen LogP contribution is -2.32. The number of pyridine rings is 1. The summed E-state index contributed by atoms with van der Waals surface area (Å²) in [5, 5.41) is 0. The van der Waals surface area contributed by atoms with Crippen molar-refractivity contribution in [1.82, 2.24) is 9.71 Å². The first-order chi connectivity index (χ1) is 7.90. The number of aromatic nitrogens is 1. The Morgan fingerprint density at radius 3 is 2.71 bits per heavy atom. The zero-order valence-electron chi connectivity index (χ0n) is 9.05. The van der Waals surface area contributed by atoms with Crippen LogP contribution in [0.25, 0.3) is 0 Å². The highest BCUT2D eigenvalue weighted by atomic mass is 79.9. The number of hydrogen-bond acceptors (Lipinski definition) is 4. The molecule has 2 atom stereocenters.